The summed E-state index contributed by atoms with van der Waals surface area (Å²) < 4.78 is 6.46. The molecule has 0 bridgehead atoms. The molecule has 2 aromatic rings. The summed E-state index contributed by atoms with van der Waals surface area (Å²) in [4.78, 5) is 24.4. The summed E-state index contributed by atoms with van der Waals surface area (Å²) in [5.41, 5.74) is 1.47. The Bertz CT molecular complexity index is 871. The van der Waals surface area contributed by atoms with Crippen molar-refractivity contribution in [2.24, 2.45) is 5.92 Å². The lowest BCUT2D eigenvalue weighted by atomic mass is 10.1. The van der Waals surface area contributed by atoms with Gasteiger partial charge in [0.25, 0.3) is 5.91 Å². The van der Waals surface area contributed by atoms with Gasteiger partial charge in [-0.15, -0.1) is 0 Å². The average molecular weight is 482 g/mol. The minimum atomic E-state index is -0.307. The summed E-state index contributed by atoms with van der Waals surface area (Å²) in [7, 11) is 0. The van der Waals surface area contributed by atoms with Crippen molar-refractivity contribution in [3.8, 4) is 5.75 Å². The van der Waals surface area contributed by atoms with Gasteiger partial charge in [-0.3, -0.25) is 9.59 Å². The first-order valence-corrected chi connectivity index (χ1v) is 10.8. The van der Waals surface area contributed by atoms with Crippen LogP contribution in [0.25, 0.3) is 0 Å². The molecule has 0 spiro atoms. The Balaban J connectivity index is 2.07. The first-order valence-electron chi connectivity index (χ1n) is 9.63. The molecule has 0 fully saturated rings. The van der Waals surface area contributed by atoms with E-state index in [1.54, 1.807) is 36.4 Å². The number of carbonyl (C=O) groups excluding carboxylic acids is 2. The van der Waals surface area contributed by atoms with Crippen molar-refractivity contribution in [1.82, 2.24) is 0 Å². The first kappa shape index (κ1) is 23.2. The zero-order valence-corrected chi connectivity index (χ0v) is 19.2. The lowest BCUT2D eigenvalue weighted by molar-refractivity contribution is -0.116. The summed E-state index contributed by atoms with van der Waals surface area (Å²) in [6.45, 7) is 6.84. The zero-order chi connectivity index (χ0) is 21.4. The van der Waals surface area contributed by atoms with Gasteiger partial charge < -0.3 is 15.4 Å². The van der Waals surface area contributed by atoms with Gasteiger partial charge in [-0.1, -0.05) is 32.4 Å². The number of benzene rings is 2. The summed E-state index contributed by atoms with van der Waals surface area (Å²) in [5.74, 6) is 0.870. The molecular formula is C22H26BrClN2O3. The van der Waals surface area contributed by atoms with E-state index in [4.69, 9.17) is 16.3 Å². The molecule has 0 aliphatic rings. The molecule has 29 heavy (non-hydrogen) atoms. The molecular weight excluding hydrogens is 456 g/mol. The third kappa shape index (κ3) is 7.37. The van der Waals surface area contributed by atoms with E-state index in [0.29, 0.717) is 51.1 Å². The molecule has 156 valence electrons. The van der Waals surface area contributed by atoms with Crippen LogP contribution in [0.3, 0.4) is 0 Å². The van der Waals surface area contributed by atoms with Crippen LogP contribution in [-0.2, 0) is 4.79 Å². The molecule has 2 rings (SSSR count). The van der Waals surface area contributed by atoms with E-state index >= 15 is 0 Å². The van der Waals surface area contributed by atoms with E-state index in [2.05, 4.69) is 40.4 Å². The van der Waals surface area contributed by atoms with E-state index in [1.165, 1.54) is 0 Å². The molecule has 2 aromatic carbocycles. The Hall–Kier alpha value is -2.05. The van der Waals surface area contributed by atoms with Crippen LogP contribution in [0, 0.1) is 5.92 Å². The van der Waals surface area contributed by atoms with Crippen LogP contribution in [0.5, 0.6) is 5.75 Å². The normalized spacial score (nSPS) is 10.7. The molecule has 0 aromatic heterocycles. The molecule has 5 nitrogen and oxygen atoms in total. The second-order valence-corrected chi connectivity index (χ2v) is 8.38. The van der Waals surface area contributed by atoms with Gasteiger partial charge in [0, 0.05) is 17.7 Å². The number of carbonyl (C=O) groups is 2. The predicted molar refractivity (Wildman–Crippen MR) is 122 cm³/mol. The summed E-state index contributed by atoms with van der Waals surface area (Å²) in [5, 5.41) is 5.98. The molecule has 0 heterocycles. The molecule has 0 aliphatic heterocycles. The number of ether oxygens (including phenoxy) is 1. The fraction of sp³-hybridized carbons (Fsp3) is 0.364. The topological polar surface area (TPSA) is 67.4 Å². The lowest BCUT2D eigenvalue weighted by Gasteiger charge is -2.12. The molecule has 0 saturated carbocycles. The molecule has 7 heteroatoms. The maximum atomic E-state index is 12.7. The van der Waals surface area contributed by atoms with Crippen LogP contribution in [-0.4, -0.2) is 18.4 Å². The van der Waals surface area contributed by atoms with E-state index in [0.717, 1.165) is 12.8 Å². The Kier molecular flexibility index (Phi) is 8.99. The predicted octanol–water partition coefficient (Wildman–Crippen LogP) is 6.52. The highest BCUT2D eigenvalue weighted by Crippen LogP contribution is 2.29. The fourth-order valence-corrected chi connectivity index (χ4v) is 3.17. The maximum absolute atomic E-state index is 12.7. The number of rotatable bonds is 9. The maximum Gasteiger partial charge on any atom is 0.255 e. The minimum Gasteiger partial charge on any atom is -0.492 e. The van der Waals surface area contributed by atoms with E-state index in [-0.39, 0.29) is 11.8 Å². The van der Waals surface area contributed by atoms with Gasteiger partial charge in [-0.2, -0.15) is 0 Å². The fourth-order valence-electron chi connectivity index (χ4n) is 2.51. The number of amides is 2. The first-order chi connectivity index (χ1) is 13.8. The van der Waals surface area contributed by atoms with Crippen LogP contribution in [0.1, 0.15) is 50.4 Å². The van der Waals surface area contributed by atoms with Crippen molar-refractivity contribution in [2.75, 3.05) is 17.2 Å². The van der Waals surface area contributed by atoms with Crippen molar-refractivity contribution in [2.45, 2.75) is 40.0 Å². The second kappa shape index (κ2) is 11.2. The molecule has 2 N–H and O–H groups in total. The Morgan fingerprint density at radius 1 is 1.14 bits per heavy atom. The highest BCUT2D eigenvalue weighted by atomic mass is 79.9. The van der Waals surface area contributed by atoms with Gasteiger partial charge in [0.15, 0.2) is 0 Å². The second-order valence-electron chi connectivity index (χ2n) is 7.12. The lowest BCUT2D eigenvalue weighted by Crippen LogP contribution is -2.14. The van der Waals surface area contributed by atoms with Gasteiger partial charge in [-0.05, 0) is 71.1 Å². The Morgan fingerprint density at radius 2 is 1.90 bits per heavy atom. The largest absolute Gasteiger partial charge is 0.492 e. The monoisotopic (exact) mass is 480 g/mol. The van der Waals surface area contributed by atoms with Crippen LogP contribution >= 0.6 is 27.5 Å². The van der Waals surface area contributed by atoms with Crippen LogP contribution < -0.4 is 15.4 Å². The quantitative estimate of drug-likeness (QED) is 0.428. The SMILES string of the molecule is CCCC(=O)Nc1ccc(Cl)c(NC(=O)c2ccc(OCCC(C)C)c(Br)c2)c1. The molecule has 0 unspecified atom stereocenters. The molecule has 0 aliphatic carbocycles. The van der Waals surface area contributed by atoms with E-state index < -0.39 is 0 Å². The number of anilines is 2. The molecule has 2 amide bonds. The van der Waals surface area contributed by atoms with Gasteiger partial charge in [0.1, 0.15) is 5.75 Å². The summed E-state index contributed by atoms with van der Waals surface area (Å²) >= 11 is 9.67. The zero-order valence-electron chi connectivity index (χ0n) is 16.9. The van der Waals surface area contributed by atoms with Gasteiger partial charge in [0.05, 0.1) is 21.8 Å². The number of nitrogens with one attached hydrogen (secondary N) is 2. The van der Waals surface area contributed by atoms with Gasteiger partial charge in [-0.25, -0.2) is 0 Å². The minimum absolute atomic E-state index is 0.0796. The smallest absolute Gasteiger partial charge is 0.255 e. The van der Waals surface area contributed by atoms with Crippen molar-refractivity contribution in [1.29, 1.82) is 0 Å². The molecule has 0 atom stereocenters. The highest BCUT2D eigenvalue weighted by molar-refractivity contribution is 9.10. The van der Waals surface area contributed by atoms with Crippen molar-refractivity contribution in [3.63, 3.8) is 0 Å². The van der Waals surface area contributed by atoms with Crippen molar-refractivity contribution >= 4 is 50.7 Å². The third-order valence-corrected chi connectivity index (χ3v) is 5.07. The van der Waals surface area contributed by atoms with Crippen molar-refractivity contribution in [3.05, 3.63) is 51.5 Å². The molecule has 0 saturated heterocycles. The number of halogens is 2. The molecule has 0 radical (unpaired) electrons. The van der Waals surface area contributed by atoms with Crippen LogP contribution in [0.15, 0.2) is 40.9 Å². The van der Waals surface area contributed by atoms with Crippen LogP contribution in [0.2, 0.25) is 5.02 Å². The third-order valence-electron chi connectivity index (χ3n) is 4.12. The summed E-state index contributed by atoms with van der Waals surface area (Å²) in [6, 6.07) is 10.2. The van der Waals surface area contributed by atoms with Gasteiger partial charge >= 0.3 is 0 Å². The van der Waals surface area contributed by atoms with E-state index in [1.807, 2.05) is 6.92 Å². The number of hydrogen-bond donors (Lipinski definition) is 2. The average Bonchev–Trinajstić information content (AvgIpc) is 2.65. The van der Waals surface area contributed by atoms with Gasteiger partial charge in [0.2, 0.25) is 5.91 Å². The van der Waals surface area contributed by atoms with E-state index in [9.17, 15) is 9.59 Å². The Labute approximate surface area is 185 Å². The number of hydrogen-bond acceptors (Lipinski definition) is 3. The Morgan fingerprint density at radius 3 is 2.55 bits per heavy atom. The summed E-state index contributed by atoms with van der Waals surface area (Å²) in [6.07, 6.45) is 2.15. The standard InChI is InChI=1S/C22H26BrClN2O3/c1-4-5-21(27)25-16-7-8-18(24)19(13-16)26-22(28)15-6-9-20(17(23)12-15)29-11-10-14(2)3/h6-9,12-14H,4-5,10-11H2,1-3H3,(H,25,27)(H,26,28). The highest BCUT2D eigenvalue weighted by Gasteiger charge is 2.13. The van der Waals surface area contributed by atoms with Crippen LogP contribution in [0.4, 0.5) is 11.4 Å². The van der Waals surface area contributed by atoms with Crippen molar-refractivity contribution < 1.29 is 14.3 Å².